The van der Waals surface area contributed by atoms with Crippen LogP contribution in [0.5, 0.6) is 5.75 Å². The van der Waals surface area contributed by atoms with Gasteiger partial charge in [0.05, 0.1) is 13.0 Å². The van der Waals surface area contributed by atoms with Crippen LogP contribution in [0.15, 0.2) is 36.4 Å². The van der Waals surface area contributed by atoms with Crippen molar-refractivity contribution >= 4 is 16.7 Å². The molecule has 0 N–H and O–H groups in total. The largest absolute Gasteiger partial charge is 0.496 e. The number of methoxy groups -OCH3 is 1. The molecule has 142 valence electrons. The van der Waals surface area contributed by atoms with Gasteiger partial charge < -0.3 is 9.64 Å². The summed E-state index contributed by atoms with van der Waals surface area (Å²) in [6.07, 6.45) is 4.85. The zero-order valence-corrected chi connectivity index (χ0v) is 16.1. The Bertz CT molecular complexity index is 861. The maximum absolute atomic E-state index is 12.9. The van der Waals surface area contributed by atoms with Gasteiger partial charge in [-0.2, -0.15) is 0 Å². The molecule has 0 radical (unpaired) electrons. The number of rotatable bonds is 5. The van der Waals surface area contributed by atoms with Crippen molar-refractivity contribution in [3.63, 3.8) is 0 Å². The van der Waals surface area contributed by atoms with Crippen molar-refractivity contribution in [1.82, 2.24) is 9.80 Å². The second-order valence-corrected chi connectivity index (χ2v) is 8.53. The molecule has 0 aromatic heterocycles. The summed E-state index contributed by atoms with van der Waals surface area (Å²) in [4.78, 5) is 17.7. The maximum Gasteiger partial charge on any atom is 0.227 e. The van der Waals surface area contributed by atoms with Crippen molar-refractivity contribution in [1.29, 1.82) is 0 Å². The molecule has 1 saturated carbocycles. The number of carbonyl (C=O) groups excluding carboxylic acids is 1. The molecule has 2 aromatic carbocycles. The van der Waals surface area contributed by atoms with Crippen LogP contribution in [-0.2, 0) is 11.3 Å². The second kappa shape index (κ2) is 6.83. The van der Waals surface area contributed by atoms with Crippen LogP contribution in [0, 0.1) is 11.8 Å². The van der Waals surface area contributed by atoms with Crippen LogP contribution in [0.1, 0.15) is 31.2 Å². The Morgan fingerprint density at radius 2 is 1.81 bits per heavy atom. The van der Waals surface area contributed by atoms with Gasteiger partial charge in [0.15, 0.2) is 0 Å². The first-order chi connectivity index (χ1) is 13.2. The van der Waals surface area contributed by atoms with Crippen molar-refractivity contribution in [2.45, 2.75) is 38.3 Å². The van der Waals surface area contributed by atoms with E-state index in [1.54, 1.807) is 7.11 Å². The van der Waals surface area contributed by atoms with Crippen LogP contribution in [-0.4, -0.2) is 48.5 Å². The number of hydrogen-bond donors (Lipinski definition) is 0. The van der Waals surface area contributed by atoms with E-state index < -0.39 is 0 Å². The van der Waals surface area contributed by atoms with Crippen LogP contribution in [0.3, 0.4) is 0 Å². The van der Waals surface area contributed by atoms with E-state index in [2.05, 4.69) is 46.2 Å². The summed E-state index contributed by atoms with van der Waals surface area (Å²) >= 11 is 0. The van der Waals surface area contributed by atoms with Crippen LogP contribution in [0.4, 0.5) is 0 Å². The van der Waals surface area contributed by atoms with Crippen LogP contribution in [0.25, 0.3) is 10.8 Å². The Balaban J connectivity index is 1.40. The van der Waals surface area contributed by atoms with E-state index in [1.165, 1.54) is 35.6 Å². The van der Waals surface area contributed by atoms with E-state index in [0.717, 1.165) is 44.3 Å². The number of piperidine rings is 1. The van der Waals surface area contributed by atoms with Gasteiger partial charge in [0.1, 0.15) is 5.75 Å². The third-order valence-corrected chi connectivity index (χ3v) is 6.61. The molecule has 2 atom stereocenters. The number of ether oxygens (including phenoxy) is 1. The molecule has 0 spiro atoms. The Kier molecular flexibility index (Phi) is 4.31. The molecule has 3 saturated heterocycles. The summed E-state index contributed by atoms with van der Waals surface area (Å²) < 4.78 is 5.54. The van der Waals surface area contributed by atoms with Gasteiger partial charge in [-0.25, -0.2) is 0 Å². The topological polar surface area (TPSA) is 32.8 Å². The second-order valence-electron chi connectivity index (χ2n) is 8.53. The normalized spacial score (nSPS) is 25.8. The number of benzene rings is 2. The molecular weight excluding hydrogens is 336 g/mol. The average Bonchev–Trinajstić information content (AvgIpc) is 3.53. The summed E-state index contributed by atoms with van der Waals surface area (Å²) in [6.45, 7) is 3.81. The van der Waals surface area contributed by atoms with Crippen LogP contribution >= 0.6 is 0 Å². The maximum atomic E-state index is 12.9. The molecule has 4 nitrogen and oxygen atoms in total. The van der Waals surface area contributed by atoms with E-state index in [0.29, 0.717) is 11.9 Å². The lowest BCUT2D eigenvalue weighted by molar-refractivity contribution is -0.140. The molecule has 2 bridgehead atoms. The van der Waals surface area contributed by atoms with E-state index in [9.17, 15) is 4.79 Å². The van der Waals surface area contributed by atoms with E-state index in [-0.39, 0.29) is 5.92 Å². The van der Waals surface area contributed by atoms with Crippen LogP contribution < -0.4 is 4.74 Å². The molecular formula is C23H28N2O2. The minimum atomic E-state index is 0.187. The summed E-state index contributed by atoms with van der Waals surface area (Å²) in [5.74, 6) is 2.30. The van der Waals surface area contributed by atoms with E-state index >= 15 is 0 Å². The molecule has 27 heavy (non-hydrogen) atoms. The smallest absolute Gasteiger partial charge is 0.227 e. The Morgan fingerprint density at radius 3 is 2.59 bits per heavy atom. The summed E-state index contributed by atoms with van der Waals surface area (Å²) in [7, 11) is 1.73. The highest BCUT2D eigenvalue weighted by molar-refractivity contribution is 5.91. The molecule has 1 aliphatic carbocycles. The quantitative estimate of drug-likeness (QED) is 0.811. The summed E-state index contributed by atoms with van der Waals surface area (Å²) in [5, 5.41) is 2.43. The number of carbonyl (C=O) groups is 1. The minimum absolute atomic E-state index is 0.187. The molecule has 3 heterocycles. The lowest BCUT2D eigenvalue weighted by atomic mass is 9.94. The lowest BCUT2D eigenvalue weighted by Gasteiger charge is -2.36. The zero-order valence-electron chi connectivity index (χ0n) is 16.1. The summed E-state index contributed by atoms with van der Waals surface area (Å²) in [6, 6.07) is 13.1. The SMILES string of the molecule is COc1ccc(CN2C[C@H]3CC[C@@H](C2)N(CC2CC2)C3=O)c2ccccc12. The summed E-state index contributed by atoms with van der Waals surface area (Å²) in [5.41, 5.74) is 1.33. The predicted molar refractivity (Wildman–Crippen MR) is 107 cm³/mol. The first kappa shape index (κ1) is 17.1. The molecule has 6 rings (SSSR count). The fraction of sp³-hybridized carbons (Fsp3) is 0.522. The number of amides is 1. The van der Waals surface area contributed by atoms with Crippen molar-refractivity contribution < 1.29 is 9.53 Å². The van der Waals surface area contributed by atoms with Gasteiger partial charge >= 0.3 is 0 Å². The third-order valence-electron chi connectivity index (χ3n) is 6.61. The van der Waals surface area contributed by atoms with Crippen molar-refractivity contribution in [2.75, 3.05) is 26.7 Å². The van der Waals surface area contributed by atoms with Gasteiger partial charge in [0.2, 0.25) is 5.91 Å². The molecule has 2 aromatic rings. The first-order valence-corrected chi connectivity index (χ1v) is 10.3. The number of fused-ring (bicyclic) bond motifs is 5. The van der Waals surface area contributed by atoms with Gasteiger partial charge in [0, 0.05) is 37.6 Å². The highest BCUT2D eigenvalue weighted by Gasteiger charge is 2.42. The Morgan fingerprint density at radius 1 is 1.00 bits per heavy atom. The van der Waals surface area contributed by atoms with Gasteiger partial charge in [-0.3, -0.25) is 9.69 Å². The first-order valence-electron chi connectivity index (χ1n) is 10.3. The fourth-order valence-corrected chi connectivity index (χ4v) is 4.97. The number of hydrogen-bond acceptors (Lipinski definition) is 3. The van der Waals surface area contributed by atoms with Crippen molar-refractivity contribution in [3.05, 3.63) is 42.0 Å². The molecule has 4 aliphatic rings. The average molecular weight is 364 g/mol. The van der Waals surface area contributed by atoms with Gasteiger partial charge in [0.25, 0.3) is 0 Å². The predicted octanol–water partition coefficient (Wildman–Crippen LogP) is 3.68. The van der Waals surface area contributed by atoms with E-state index in [1.807, 2.05) is 0 Å². The Hall–Kier alpha value is -2.07. The molecule has 1 amide bonds. The highest BCUT2D eigenvalue weighted by atomic mass is 16.5. The lowest BCUT2D eigenvalue weighted by Crippen LogP contribution is -2.48. The minimum Gasteiger partial charge on any atom is -0.496 e. The molecule has 4 fully saturated rings. The zero-order chi connectivity index (χ0) is 18.4. The van der Waals surface area contributed by atoms with Crippen molar-refractivity contribution in [3.8, 4) is 5.75 Å². The number of nitrogens with zero attached hydrogens (tertiary/aromatic N) is 2. The van der Waals surface area contributed by atoms with Gasteiger partial charge in [-0.15, -0.1) is 0 Å². The fourth-order valence-electron chi connectivity index (χ4n) is 4.97. The van der Waals surface area contributed by atoms with Gasteiger partial charge in [-0.1, -0.05) is 30.3 Å². The highest BCUT2D eigenvalue weighted by Crippen LogP contribution is 2.36. The monoisotopic (exact) mass is 364 g/mol. The third kappa shape index (κ3) is 3.20. The standard InChI is InChI=1S/C23H28N2O2/c1-27-22-11-9-17(20-4-2-3-5-21(20)22)13-24-14-18-8-10-19(15-24)25(23(18)26)12-16-6-7-16/h2-5,9,11,16,18-19H,6-8,10,12-15H2,1H3/t18-,19+/m1/s1. The van der Waals surface area contributed by atoms with Crippen LogP contribution in [0.2, 0.25) is 0 Å². The van der Waals surface area contributed by atoms with Gasteiger partial charge in [-0.05, 0) is 48.6 Å². The molecule has 0 unspecified atom stereocenters. The molecule has 3 aliphatic heterocycles. The van der Waals surface area contributed by atoms with Crippen molar-refractivity contribution in [2.24, 2.45) is 11.8 Å². The van der Waals surface area contributed by atoms with E-state index in [4.69, 9.17) is 4.74 Å². The molecule has 4 heteroatoms. The Labute approximate surface area is 161 Å².